The lowest BCUT2D eigenvalue weighted by Crippen LogP contribution is -2.49. The first-order valence-corrected chi connectivity index (χ1v) is 9.60. The second kappa shape index (κ2) is 8.42. The topological polar surface area (TPSA) is 35.9 Å². The van der Waals surface area contributed by atoms with Crippen LogP contribution in [-0.2, 0) is 0 Å². The highest BCUT2D eigenvalue weighted by atomic mass is 16.5. The molecule has 0 spiro atoms. The van der Waals surface area contributed by atoms with Crippen LogP contribution in [0.2, 0.25) is 0 Å². The van der Waals surface area contributed by atoms with Crippen LogP contribution in [0.5, 0.6) is 5.75 Å². The molecule has 1 saturated heterocycles. The first-order chi connectivity index (χ1) is 13.3. The van der Waals surface area contributed by atoms with Crippen LogP contribution < -0.4 is 9.64 Å². The van der Waals surface area contributed by atoms with E-state index in [9.17, 15) is 5.11 Å². The van der Waals surface area contributed by atoms with E-state index in [1.54, 1.807) is 0 Å². The summed E-state index contributed by atoms with van der Waals surface area (Å²) in [4.78, 5) is 4.71. The number of β-amino-alcohol motifs (C(OH)–C–C–N with tert-alkyl or cyclic N) is 1. The van der Waals surface area contributed by atoms with E-state index in [1.807, 2.05) is 30.3 Å². The molecule has 0 unspecified atom stereocenters. The first kappa shape index (κ1) is 17.8. The number of para-hydroxylation sites is 1. The fourth-order valence-electron chi connectivity index (χ4n) is 3.69. The molecule has 1 atom stereocenters. The number of hydrogen-bond acceptors (Lipinski definition) is 4. The van der Waals surface area contributed by atoms with Gasteiger partial charge in [-0.15, -0.1) is 0 Å². The Labute approximate surface area is 160 Å². The number of anilines is 1. The first-order valence-electron chi connectivity index (χ1n) is 9.60. The summed E-state index contributed by atoms with van der Waals surface area (Å²) in [6.07, 6.45) is -0.493. The SMILES string of the molecule is O[C@H](COc1cccc2ccccc12)CN1CCN(c2ccccc2)CC1. The molecule has 0 radical (unpaired) electrons. The molecule has 0 saturated carbocycles. The van der Waals surface area contributed by atoms with Gasteiger partial charge in [-0.05, 0) is 23.6 Å². The molecule has 1 aliphatic rings. The molecular weight excluding hydrogens is 336 g/mol. The molecule has 0 bridgehead atoms. The fourth-order valence-corrected chi connectivity index (χ4v) is 3.69. The molecule has 3 aromatic carbocycles. The molecule has 140 valence electrons. The van der Waals surface area contributed by atoms with Crippen LogP contribution in [0.25, 0.3) is 10.8 Å². The van der Waals surface area contributed by atoms with Gasteiger partial charge in [0, 0.05) is 43.8 Å². The molecule has 27 heavy (non-hydrogen) atoms. The minimum Gasteiger partial charge on any atom is -0.490 e. The molecule has 1 heterocycles. The van der Waals surface area contributed by atoms with Gasteiger partial charge < -0.3 is 14.7 Å². The third kappa shape index (κ3) is 4.41. The number of nitrogens with zero attached hydrogens (tertiary/aromatic N) is 2. The van der Waals surface area contributed by atoms with Crippen molar-refractivity contribution < 1.29 is 9.84 Å². The van der Waals surface area contributed by atoms with Gasteiger partial charge in [0.15, 0.2) is 0 Å². The Morgan fingerprint density at radius 1 is 0.815 bits per heavy atom. The van der Waals surface area contributed by atoms with E-state index in [0.29, 0.717) is 13.2 Å². The number of hydrogen-bond donors (Lipinski definition) is 1. The van der Waals surface area contributed by atoms with Crippen LogP contribution in [-0.4, -0.2) is 55.4 Å². The van der Waals surface area contributed by atoms with Crippen LogP contribution in [0.4, 0.5) is 5.69 Å². The minimum atomic E-state index is -0.493. The lowest BCUT2D eigenvalue weighted by atomic mass is 10.1. The zero-order chi connectivity index (χ0) is 18.5. The molecule has 1 aliphatic heterocycles. The van der Waals surface area contributed by atoms with E-state index in [-0.39, 0.29) is 0 Å². The number of benzene rings is 3. The summed E-state index contributed by atoms with van der Waals surface area (Å²) in [7, 11) is 0. The number of aliphatic hydroxyl groups is 1. The van der Waals surface area contributed by atoms with Gasteiger partial charge in [-0.25, -0.2) is 0 Å². The maximum absolute atomic E-state index is 10.4. The van der Waals surface area contributed by atoms with Gasteiger partial charge in [0.1, 0.15) is 18.5 Å². The van der Waals surface area contributed by atoms with Crippen molar-refractivity contribution in [3.05, 3.63) is 72.8 Å². The second-order valence-corrected chi connectivity index (χ2v) is 7.07. The fraction of sp³-hybridized carbons (Fsp3) is 0.304. The molecule has 1 fully saturated rings. The lowest BCUT2D eigenvalue weighted by molar-refractivity contribution is 0.0668. The maximum atomic E-state index is 10.4. The molecule has 4 nitrogen and oxygen atoms in total. The molecule has 0 aromatic heterocycles. The highest BCUT2D eigenvalue weighted by Crippen LogP contribution is 2.25. The van der Waals surface area contributed by atoms with Crippen LogP contribution in [0.3, 0.4) is 0 Å². The summed E-state index contributed by atoms with van der Waals surface area (Å²) in [5.41, 5.74) is 1.27. The van der Waals surface area contributed by atoms with E-state index in [2.05, 4.69) is 52.3 Å². The lowest BCUT2D eigenvalue weighted by Gasteiger charge is -2.36. The zero-order valence-corrected chi connectivity index (χ0v) is 15.5. The van der Waals surface area contributed by atoms with E-state index >= 15 is 0 Å². The summed E-state index contributed by atoms with van der Waals surface area (Å²) in [6, 6.07) is 24.7. The van der Waals surface area contributed by atoms with Crippen molar-refractivity contribution >= 4 is 16.5 Å². The Hall–Kier alpha value is -2.56. The zero-order valence-electron chi connectivity index (χ0n) is 15.5. The van der Waals surface area contributed by atoms with Gasteiger partial charge in [-0.1, -0.05) is 54.6 Å². The van der Waals surface area contributed by atoms with Gasteiger partial charge in [0.25, 0.3) is 0 Å². The van der Waals surface area contributed by atoms with Gasteiger partial charge >= 0.3 is 0 Å². The van der Waals surface area contributed by atoms with Crippen LogP contribution in [0.1, 0.15) is 0 Å². The maximum Gasteiger partial charge on any atom is 0.127 e. The molecule has 0 amide bonds. The molecule has 3 aromatic rings. The largest absolute Gasteiger partial charge is 0.490 e. The Balaban J connectivity index is 1.27. The normalized spacial score (nSPS) is 16.4. The van der Waals surface area contributed by atoms with Crippen molar-refractivity contribution in [2.75, 3.05) is 44.2 Å². The number of rotatable bonds is 6. The van der Waals surface area contributed by atoms with Crippen molar-refractivity contribution in [2.45, 2.75) is 6.10 Å². The van der Waals surface area contributed by atoms with Gasteiger partial charge in [0.2, 0.25) is 0 Å². The van der Waals surface area contributed by atoms with E-state index in [4.69, 9.17) is 4.74 Å². The Bertz CT molecular complexity index is 855. The van der Waals surface area contributed by atoms with Gasteiger partial charge in [-0.3, -0.25) is 4.90 Å². The third-order valence-corrected chi connectivity index (χ3v) is 5.14. The summed E-state index contributed by atoms with van der Waals surface area (Å²) in [6.45, 7) is 4.85. The van der Waals surface area contributed by atoms with Crippen molar-refractivity contribution in [1.82, 2.24) is 4.90 Å². The summed E-state index contributed by atoms with van der Waals surface area (Å²) in [5.74, 6) is 0.834. The standard InChI is InChI=1S/C23H26N2O2/c26-21(18-27-23-12-6-8-19-7-4-5-11-22(19)23)17-24-13-15-25(16-14-24)20-9-2-1-3-10-20/h1-12,21,26H,13-18H2/t21-/m0/s1. The Morgan fingerprint density at radius 3 is 2.33 bits per heavy atom. The molecule has 0 aliphatic carbocycles. The van der Waals surface area contributed by atoms with Crippen LogP contribution in [0.15, 0.2) is 72.8 Å². The summed E-state index contributed by atoms with van der Waals surface area (Å²) >= 11 is 0. The van der Waals surface area contributed by atoms with Crippen LogP contribution in [0, 0.1) is 0 Å². The highest BCUT2D eigenvalue weighted by molar-refractivity contribution is 5.88. The predicted molar refractivity (Wildman–Crippen MR) is 111 cm³/mol. The van der Waals surface area contributed by atoms with E-state index < -0.39 is 6.10 Å². The van der Waals surface area contributed by atoms with E-state index in [1.165, 1.54) is 5.69 Å². The Kier molecular flexibility index (Phi) is 5.56. The number of aliphatic hydroxyl groups excluding tert-OH is 1. The molecule has 4 heteroatoms. The number of fused-ring (bicyclic) bond motifs is 1. The predicted octanol–water partition coefficient (Wildman–Crippen LogP) is 3.40. The average molecular weight is 362 g/mol. The van der Waals surface area contributed by atoms with Crippen molar-refractivity contribution in [3.8, 4) is 5.75 Å². The van der Waals surface area contributed by atoms with Gasteiger partial charge in [0.05, 0.1) is 0 Å². The quantitative estimate of drug-likeness (QED) is 0.729. The molecule has 1 N–H and O–H groups in total. The monoisotopic (exact) mass is 362 g/mol. The summed E-state index contributed by atoms with van der Waals surface area (Å²) < 4.78 is 5.93. The molecule has 4 rings (SSSR count). The Morgan fingerprint density at radius 2 is 1.52 bits per heavy atom. The molecular formula is C23H26N2O2. The minimum absolute atomic E-state index is 0.312. The summed E-state index contributed by atoms with van der Waals surface area (Å²) in [5, 5.41) is 12.7. The second-order valence-electron chi connectivity index (χ2n) is 7.07. The van der Waals surface area contributed by atoms with Crippen LogP contribution >= 0.6 is 0 Å². The smallest absolute Gasteiger partial charge is 0.127 e. The highest BCUT2D eigenvalue weighted by Gasteiger charge is 2.19. The average Bonchev–Trinajstić information content (AvgIpc) is 2.73. The van der Waals surface area contributed by atoms with Crippen molar-refractivity contribution in [2.24, 2.45) is 0 Å². The third-order valence-electron chi connectivity index (χ3n) is 5.14. The number of piperazine rings is 1. The van der Waals surface area contributed by atoms with Crippen molar-refractivity contribution in [1.29, 1.82) is 0 Å². The van der Waals surface area contributed by atoms with E-state index in [0.717, 1.165) is 42.7 Å². The van der Waals surface area contributed by atoms with Crippen molar-refractivity contribution in [3.63, 3.8) is 0 Å². The van der Waals surface area contributed by atoms with Gasteiger partial charge in [-0.2, -0.15) is 0 Å². The number of ether oxygens (including phenoxy) is 1.